The summed E-state index contributed by atoms with van der Waals surface area (Å²) in [6, 6.07) is 5.16. The molecule has 0 aliphatic carbocycles. The molecule has 0 aliphatic rings. The third-order valence-electron chi connectivity index (χ3n) is 3.48. The van der Waals surface area contributed by atoms with E-state index in [9.17, 15) is 4.39 Å². The Morgan fingerprint density at radius 1 is 1.35 bits per heavy atom. The molecule has 0 fully saturated rings. The first-order valence-electron chi connectivity index (χ1n) is 7.30. The summed E-state index contributed by atoms with van der Waals surface area (Å²) in [5, 5.41) is 0. The third-order valence-corrected chi connectivity index (χ3v) is 3.48. The quantitative estimate of drug-likeness (QED) is 0.809. The van der Waals surface area contributed by atoms with Gasteiger partial charge in [-0.1, -0.05) is 45.1 Å². The minimum atomic E-state index is -0.278. The van der Waals surface area contributed by atoms with Gasteiger partial charge in [0.2, 0.25) is 0 Å². The van der Waals surface area contributed by atoms with Gasteiger partial charge in [-0.05, 0) is 30.2 Å². The van der Waals surface area contributed by atoms with Gasteiger partial charge in [-0.2, -0.15) is 0 Å². The smallest absolute Gasteiger partial charge is 0.138 e. The maximum Gasteiger partial charge on any atom is 0.138 e. The fourth-order valence-corrected chi connectivity index (χ4v) is 2.05. The number of nitrogens with two attached hydrogens (primary N) is 1. The first-order chi connectivity index (χ1) is 9.60. The fourth-order valence-electron chi connectivity index (χ4n) is 2.05. The van der Waals surface area contributed by atoms with Crippen LogP contribution >= 0.6 is 0 Å². The maximum absolute atomic E-state index is 13.6. The summed E-state index contributed by atoms with van der Waals surface area (Å²) in [4.78, 5) is 2.38. The van der Waals surface area contributed by atoms with Crippen LogP contribution in [0.15, 0.2) is 18.2 Å². The van der Waals surface area contributed by atoms with E-state index >= 15 is 0 Å². The zero-order valence-corrected chi connectivity index (χ0v) is 12.7. The maximum atomic E-state index is 13.6. The van der Waals surface area contributed by atoms with E-state index in [4.69, 9.17) is 5.73 Å². The predicted molar refractivity (Wildman–Crippen MR) is 82.7 cm³/mol. The highest BCUT2D eigenvalue weighted by atomic mass is 19.1. The molecule has 1 aromatic rings. The Hall–Kier alpha value is -1.37. The number of benzene rings is 1. The van der Waals surface area contributed by atoms with E-state index in [1.54, 1.807) is 0 Å². The van der Waals surface area contributed by atoms with Crippen molar-refractivity contribution in [2.75, 3.05) is 19.6 Å². The molecule has 2 nitrogen and oxygen atoms in total. The summed E-state index contributed by atoms with van der Waals surface area (Å²) in [5.41, 5.74) is 6.87. The largest absolute Gasteiger partial charge is 0.320 e. The van der Waals surface area contributed by atoms with Crippen LogP contribution in [0.3, 0.4) is 0 Å². The first-order valence-corrected chi connectivity index (χ1v) is 7.30. The lowest BCUT2D eigenvalue weighted by Crippen LogP contribution is -2.27. The summed E-state index contributed by atoms with van der Waals surface area (Å²) in [7, 11) is 0. The summed E-state index contributed by atoms with van der Waals surface area (Å²) < 4.78 is 13.6. The zero-order valence-electron chi connectivity index (χ0n) is 12.7. The second-order valence-corrected chi connectivity index (χ2v) is 5.16. The molecular weight excluding hydrogens is 251 g/mol. The van der Waals surface area contributed by atoms with Crippen LogP contribution in [0.25, 0.3) is 0 Å². The van der Waals surface area contributed by atoms with E-state index in [1.807, 2.05) is 12.1 Å². The molecule has 0 saturated heterocycles. The van der Waals surface area contributed by atoms with E-state index in [1.165, 1.54) is 12.5 Å². The number of hydrogen-bond acceptors (Lipinski definition) is 2. The minimum absolute atomic E-state index is 0.249. The summed E-state index contributed by atoms with van der Waals surface area (Å²) >= 11 is 0. The van der Waals surface area contributed by atoms with E-state index in [2.05, 4.69) is 37.5 Å². The van der Waals surface area contributed by atoms with E-state index in [-0.39, 0.29) is 12.4 Å². The molecule has 0 spiro atoms. The number of nitrogens with zero attached hydrogens (tertiary/aromatic N) is 1. The van der Waals surface area contributed by atoms with Crippen LogP contribution in [0.1, 0.15) is 38.3 Å². The molecule has 0 amide bonds. The van der Waals surface area contributed by atoms with Gasteiger partial charge >= 0.3 is 0 Å². The van der Waals surface area contributed by atoms with Crippen molar-refractivity contribution in [3.05, 3.63) is 35.1 Å². The van der Waals surface area contributed by atoms with Crippen LogP contribution in [0.5, 0.6) is 0 Å². The highest BCUT2D eigenvalue weighted by molar-refractivity contribution is 5.38. The van der Waals surface area contributed by atoms with Crippen LogP contribution in [0.2, 0.25) is 0 Å². The molecule has 0 aliphatic heterocycles. The van der Waals surface area contributed by atoms with Crippen molar-refractivity contribution >= 4 is 0 Å². The Labute approximate surface area is 122 Å². The van der Waals surface area contributed by atoms with Gasteiger partial charge < -0.3 is 5.73 Å². The van der Waals surface area contributed by atoms with Crippen molar-refractivity contribution in [3.63, 3.8) is 0 Å². The second-order valence-electron chi connectivity index (χ2n) is 5.16. The molecule has 110 valence electrons. The molecule has 1 rings (SSSR count). The predicted octanol–water partition coefficient (Wildman–Crippen LogP) is 3.00. The van der Waals surface area contributed by atoms with E-state index < -0.39 is 0 Å². The second kappa shape index (κ2) is 8.73. The van der Waals surface area contributed by atoms with Crippen molar-refractivity contribution < 1.29 is 4.39 Å². The molecule has 1 atom stereocenters. The van der Waals surface area contributed by atoms with Gasteiger partial charge in [-0.3, -0.25) is 4.90 Å². The van der Waals surface area contributed by atoms with Gasteiger partial charge in [0.15, 0.2) is 0 Å². The van der Waals surface area contributed by atoms with Crippen molar-refractivity contribution in [2.45, 2.75) is 33.7 Å². The van der Waals surface area contributed by atoms with Crippen LogP contribution in [-0.4, -0.2) is 24.5 Å². The molecule has 0 bridgehead atoms. The molecule has 0 radical (unpaired) electrons. The lowest BCUT2D eigenvalue weighted by molar-refractivity contribution is 0.238. The van der Waals surface area contributed by atoms with Crippen LogP contribution in [0, 0.1) is 23.6 Å². The molecule has 0 saturated carbocycles. The summed E-state index contributed by atoms with van der Waals surface area (Å²) in [5.74, 6) is 5.89. The van der Waals surface area contributed by atoms with E-state index in [0.717, 1.165) is 25.2 Å². The average molecular weight is 276 g/mol. The number of halogens is 1. The Morgan fingerprint density at radius 3 is 2.70 bits per heavy atom. The molecule has 2 N–H and O–H groups in total. The summed E-state index contributed by atoms with van der Waals surface area (Å²) in [6.45, 7) is 9.75. The van der Waals surface area contributed by atoms with Crippen LogP contribution in [-0.2, 0) is 6.54 Å². The lowest BCUT2D eigenvalue weighted by atomic mass is 10.1. The Kier molecular flexibility index (Phi) is 7.28. The van der Waals surface area contributed by atoms with Crippen molar-refractivity contribution in [1.29, 1.82) is 0 Å². The molecule has 0 aromatic heterocycles. The standard InChI is InChI=1S/C17H25FN2/c1-4-14(3)12-20(5-2)13-15-8-9-17(18)16(11-15)7-6-10-19/h8-9,11,14H,4-5,10,12-13,19H2,1-3H3. The molecule has 1 unspecified atom stereocenters. The Morgan fingerprint density at radius 2 is 2.10 bits per heavy atom. The van der Waals surface area contributed by atoms with Gasteiger partial charge in [-0.15, -0.1) is 0 Å². The fraction of sp³-hybridized carbons (Fsp3) is 0.529. The zero-order chi connectivity index (χ0) is 15.0. The van der Waals surface area contributed by atoms with Crippen molar-refractivity contribution in [1.82, 2.24) is 4.90 Å². The highest BCUT2D eigenvalue weighted by Gasteiger charge is 2.09. The normalized spacial score (nSPS) is 12.1. The Balaban J connectivity index is 2.80. The molecule has 0 heterocycles. The van der Waals surface area contributed by atoms with Crippen LogP contribution < -0.4 is 5.73 Å². The van der Waals surface area contributed by atoms with Crippen LogP contribution in [0.4, 0.5) is 4.39 Å². The molecule has 20 heavy (non-hydrogen) atoms. The van der Waals surface area contributed by atoms with Crippen molar-refractivity contribution in [3.8, 4) is 11.8 Å². The van der Waals surface area contributed by atoms with Gasteiger partial charge in [-0.25, -0.2) is 4.39 Å². The number of rotatable bonds is 6. The third kappa shape index (κ3) is 5.32. The lowest BCUT2D eigenvalue weighted by Gasteiger charge is -2.23. The van der Waals surface area contributed by atoms with Crippen molar-refractivity contribution in [2.24, 2.45) is 11.7 Å². The SMILES string of the molecule is CCC(C)CN(CC)Cc1ccc(F)c(C#CCN)c1. The monoisotopic (exact) mass is 276 g/mol. The number of hydrogen-bond donors (Lipinski definition) is 1. The van der Waals surface area contributed by atoms with Gasteiger partial charge in [0.25, 0.3) is 0 Å². The highest BCUT2D eigenvalue weighted by Crippen LogP contribution is 2.13. The topological polar surface area (TPSA) is 29.3 Å². The average Bonchev–Trinajstić information content (AvgIpc) is 2.46. The Bertz CT molecular complexity index is 474. The van der Waals surface area contributed by atoms with Gasteiger partial charge in [0, 0.05) is 13.1 Å². The van der Waals surface area contributed by atoms with Gasteiger partial charge in [0.1, 0.15) is 5.82 Å². The molecule has 3 heteroatoms. The van der Waals surface area contributed by atoms with Gasteiger partial charge in [0.05, 0.1) is 12.1 Å². The molecular formula is C17H25FN2. The minimum Gasteiger partial charge on any atom is -0.320 e. The molecule has 1 aromatic carbocycles. The van der Waals surface area contributed by atoms with E-state index in [0.29, 0.717) is 11.5 Å². The summed E-state index contributed by atoms with van der Waals surface area (Å²) in [6.07, 6.45) is 1.17. The first kappa shape index (κ1) is 16.7.